The highest BCUT2D eigenvalue weighted by Crippen LogP contribution is 2.29. The number of nitrogens with one attached hydrogen (secondary N) is 1. The van der Waals surface area contributed by atoms with E-state index in [0.29, 0.717) is 43.7 Å². The number of halogens is 1. The van der Waals surface area contributed by atoms with Crippen LogP contribution in [0, 0.1) is 5.92 Å². The van der Waals surface area contributed by atoms with Crippen molar-refractivity contribution in [2.45, 2.75) is 76.9 Å². The summed E-state index contributed by atoms with van der Waals surface area (Å²) < 4.78 is 0. The third-order valence-electron chi connectivity index (χ3n) is 6.77. The maximum Gasteiger partial charge on any atom is 0.240 e. The van der Waals surface area contributed by atoms with Gasteiger partial charge < -0.3 is 20.9 Å². The summed E-state index contributed by atoms with van der Waals surface area (Å²) in [6, 6.07) is 7.74. The van der Waals surface area contributed by atoms with Gasteiger partial charge in [-0.1, -0.05) is 56.8 Å². The zero-order chi connectivity index (χ0) is 23.1. The van der Waals surface area contributed by atoms with E-state index >= 15 is 0 Å². The number of carbonyl (C=O) groups is 2. The zero-order valence-electron chi connectivity index (χ0n) is 19.6. The summed E-state index contributed by atoms with van der Waals surface area (Å²) in [4.78, 5) is 30.7. The second-order valence-electron chi connectivity index (χ2n) is 9.54. The molecular weight excluding hydrogens is 424 g/mol. The second kappa shape index (κ2) is 12.0. The van der Waals surface area contributed by atoms with Gasteiger partial charge in [0.25, 0.3) is 0 Å². The minimum Gasteiger partial charge on any atom is -0.339 e. The van der Waals surface area contributed by atoms with Crippen LogP contribution >= 0.6 is 11.6 Å². The number of nitrogens with two attached hydrogens (primary N) is 1. The van der Waals surface area contributed by atoms with Gasteiger partial charge in [0.2, 0.25) is 11.8 Å². The van der Waals surface area contributed by atoms with Crippen molar-refractivity contribution in [1.82, 2.24) is 15.1 Å². The van der Waals surface area contributed by atoms with Crippen LogP contribution < -0.4 is 11.1 Å². The average Bonchev–Trinajstić information content (AvgIpc) is 3.28. The summed E-state index contributed by atoms with van der Waals surface area (Å²) in [6.07, 6.45) is 7.25. The maximum atomic E-state index is 13.5. The van der Waals surface area contributed by atoms with E-state index in [9.17, 15) is 9.59 Å². The van der Waals surface area contributed by atoms with E-state index in [4.69, 9.17) is 17.3 Å². The number of nitrogens with zero attached hydrogens (tertiary/aromatic N) is 2. The molecule has 0 unspecified atom stereocenters. The molecule has 1 aliphatic heterocycles. The summed E-state index contributed by atoms with van der Waals surface area (Å²) in [5.74, 6) is 0.303. The van der Waals surface area contributed by atoms with Crippen LogP contribution in [0.15, 0.2) is 24.3 Å². The molecule has 7 heteroatoms. The first-order chi connectivity index (χ1) is 15.4. The quantitative estimate of drug-likeness (QED) is 0.590. The van der Waals surface area contributed by atoms with E-state index in [0.717, 1.165) is 24.8 Å². The lowest BCUT2D eigenvalue weighted by Crippen LogP contribution is -2.52. The van der Waals surface area contributed by atoms with E-state index in [-0.39, 0.29) is 29.8 Å². The first-order valence-corrected chi connectivity index (χ1v) is 12.6. The van der Waals surface area contributed by atoms with Gasteiger partial charge in [0, 0.05) is 43.2 Å². The van der Waals surface area contributed by atoms with Gasteiger partial charge in [-0.25, -0.2) is 0 Å². The molecule has 178 valence electrons. The first-order valence-electron chi connectivity index (χ1n) is 12.2. The highest BCUT2D eigenvalue weighted by molar-refractivity contribution is 6.30. The van der Waals surface area contributed by atoms with Crippen molar-refractivity contribution in [3.63, 3.8) is 0 Å². The van der Waals surface area contributed by atoms with Crippen LogP contribution in [0.25, 0.3) is 0 Å². The number of amides is 2. The topological polar surface area (TPSA) is 78.7 Å². The minimum absolute atomic E-state index is 0.0226. The van der Waals surface area contributed by atoms with Gasteiger partial charge in [-0.15, -0.1) is 0 Å². The van der Waals surface area contributed by atoms with Crippen LogP contribution in [0.5, 0.6) is 0 Å². The van der Waals surface area contributed by atoms with Crippen molar-refractivity contribution in [2.75, 3.05) is 26.2 Å². The Hall–Kier alpha value is -1.63. The Morgan fingerprint density at radius 2 is 1.81 bits per heavy atom. The van der Waals surface area contributed by atoms with Crippen molar-refractivity contribution in [3.05, 3.63) is 34.9 Å². The van der Waals surface area contributed by atoms with E-state index in [1.807, 2.05) is 43.0 Å². The maximum absolute atomic E-state index is 13.5. The number of rotatable bonds is 9. The van der Waals surface area contributed by atoms with Crippen molar-refractivity contribution in [2.24, 2.45) is 11.7 Å². The number of benzene rings is 1. The molecule has 1 saturated carbocycles. The third-order valence-corrected chi connectivity index (χ3v) is 7.02. The molecule has 2 fully saturated rings. The summed E-state index contributed by atoms with van der Waals surface area (Å²) in [5, 5.41) is 4.01. The molecule has 1 aliphatic carbocycles. The molecule has 3 rings (SSSR count). The van der Waals surface area contributed by atoms with E-state index in [2.05, 4.69) is 10.2 Å². The van der Waals surface area contributed by atoms with Crippen molar-refractivity contribution in [3.8, 4) is 0 Å². The predicted octanol–water partition coefficient (Wildman–Crippen LogP) is 3.22. The second-order valence-corrected chi connectivity index (χ2v) is 9.98. The molecule has 32 heavy (non-hydrogen) atoms. The molecule has 1 heterocycles. The van der Waals surface area contributed by atoms with E-state index in [1.165, 1.54) is 19.3 Å². The lowest BCUT2D eigenvalue weighted by atomic mass is 9.92. The van der Waals surface area contributed by atoms with Gasteiger partial charge in [0.15, 0.2) is 0 Å². The third kappa shape index (κ3) is 6.46. The molecule has 0 aromatic heterocycles. The molecule has 2 aliphatic rings. The summed E-state index contributed by atoms with van der Waals surface area (Å²) in [6.45, 7) is 6.34. The first kappa shape index (κ1) is 25.0. The highest BCUT2D eigenvalue weighted by atomic mass is 35.5. The molecule has 1 aromatic carbocycles. The number of likely N-dealkylation sites (tertiary alicyclic amines) is 1. The van der Waals surface area contributed by atoms with Crippen LogP contribution in [-0.2, 0) is 16.0 Å². The largest absolute Gasteiger partial charge is 0.339 e. The Kier molecular flexibility index (Phi) is 9.38. The van der Waals surface area contributed by atoms with Gasteiger partial charge >= 0.3 is 0 Å². The Balaban J connectivity index is 1.69. The van der Waals surface area contributed by atoms with Crippen LogP contribution in [0.3, 0.4) is 0 Å². The summed E-state index contributed by atoms with van der Waals surface area (Å²) in [5.41, 5.74) is 6.76. The smallest absolute Gasteiger partial charge is 0.240 e. The molecule has 3 N–H and O–H groups in total. The van der Waals surface area contributed by atoms with Crippen molar-refractivity contribution < 1.29 is 9.59 Å². The molecule has 2 amide bonds. The average molecular weight is 463 g/mol. The van der Waals surface area contributed by atoms with Crippen molar-refractivity contribution in [1.29, 1.82) is 0 Å². The molecule has 0 spiro atoms. The molecule has 0 radical (unpaired) electrons. The molecule has 6 nitrogen and oxygen atoms in total. The van der Waals surface area contributed by atoms with Gasteiger partial charge in [0.1, 0.15) is 0 Å². The molecule has 1 aromatic rings. The molecular formula is C25H39ClN4O2. The Morgan fingerprint density at radius 3 is 2.44 bits per heavy atom. The van der Waals surface area contributed by atoms with Crippen molar-refractivity contribution >= 4 is 23.4 Å². The minimum atomic E-state index is -0.331. The van der Waals surface area contributed by atoms with Gasteiger partial charge in [-0.3, -0.25) is 9.59 Å². The Bertz CT molecular complexity index is 749. The number of hydrogen-bond acceptors (Lipinski definition) is 4. The normalized spacial score (nSPS) is 20.5. The Morgan fingerprint density at radius 1 is 1.12 bits per heavy atom. The van der Waals surface area contributed by atoms with Crippen LogP contribution in [-0.4, -0.2) is 65.9 Å². The zero-order valence-corrected chi connectivity index (χ0v) is 20.3. The van der Waals surface area contributed by atoms with Gasteiger partial charge in [-0.2, -0.15) is 0 Å². The van der Waals surface area contributed by atoms with Crippen LogP contribution in [0.1, 0.15) is 57.9 Å². The van der Waals surface area contributed by atoms with Crippen LogP contribution in [0.2, 0.25) is 5.02 Å². The van der Waals surface area contributed by atoms with Gasteiger partial charge in [0.05, 0.1) is 12.1 Å². The molecule has 0 bridgehead atoms. The van der Waals surface area contributed by atoms with E-state index < -0.39 is 0 Å². The molecule has 2 atom stereocenters. The number of hydrogen-bond donors (Lipinski definition) is 2. The SMILES string of the molecule is CC(C)C(=O)N(C1CCCCC1)[C@H]1CCN(C(=O)[C@@H](Cc2ccc(Cl)cc2)NCCN)C1. The molecule has 1 saturated heterocycles. The Labute approximate surface area is 197 Å². The highest BCUT2D eigenvalue weighted by Gasteiger charge is 2.39. The lowest BCUT2D eigenvalue weighted by molar-refractivity contribution is -0.141. The predicted molar refractivity (Wildman–Crippen MR) is 130 cm³/mol. The fourth-order valence-corrected chi connectivity index (χ4v) is 5.19. The fourth-order valence-electron chi connectivity index (χ4n) is 5.07. The summed E-state index contributed by atoms with van der Waals surface area (Å²) in [7, 11) is 0. The van der Waals surface area contributed by atoms with Crippen LogP contribution in [0.4, 0.5) is 0 Å². The number of carbonyl (C=O) groups excluding carboxylic acids is 2. The standard InChI is InChI=1S/C25H39ClN4O2/c1-18(2)24(31)30(21-6-4-3-5-7-21)22-12-15-29(17-22)25(32)23(28-14-13-27)16-19-8-10-20(26)11-9-19/h8-11,18,21-23,28H,3-7,12-17,27H2,1-2H3/t22-,23+/m0/s1. The summed E-state index contributed by atoms with van der Waals surface area (Å²) >= 11 is 6.02. The lowest BCUT2D eigenvalue weighted by Gasteiger charge is -2.39. The van der Waals surface area contributed by atoms with Gasteiger partial charge in [-0.05, 0) is 43.4 Å². The van der Waals surface area contributed by atoms with E-state index in [1.54, 1.807) is 0 Å². The fraction of sp³-hybridized carbons (Fsp3) is 0.680. The monoisotopic (exact) mass is 462 g/mol.